The molecule has 0 saturated heterocycles. The summed E-state index contributed by atoms with van der Waals surface area (Å²) in [5.41, 5.74) is 4.65. The second-order valence-electron chi connectivity index (χ2n) is 7.94. The molecule has 0 aliphatic heterocycles. The molecule has 35 heavy (non-hydrogen) atoms. The van der Waals surface area contributed by atoms with Crippen molar-refractivity contribution in [1.29, 1.82) is 0 Å². The molecular formula is C29H23N3O3. The van der Waals surface area contributed by atoms with Crippen molar-refractivity contribution >= 4 is 23.2 Å². The van der Waals surface area contributed by atoms with E-state index in [1.54, 1.807) is 60.9 Å². The van der Waals surface area contributed by atoms with Crippen molar-refractivity contribution in [2.75, 3.05) is 5.32 Å². The van der Waals surface area contributed by atoms with Crippen molar-refractivity contribution in [3.8, 4) is 11.3 Å². The van der Waals surface area contributed by atoms with Gasteiger partial charge in [0.25, 0.3) is 5.91 Å². The van der Waals surface area contributed by atoms with Gasteiger partial charge in [-0.1, -0.05) is 49.0 Å². The Morgan fingerprint density at radius 3 is 2.23 bits per heavy atom. The molecule has 0 bridgehead atoms. The van der Waals surface area contributed by atoms with Crippen LogP contribution >= 0.6 is 0 Å². The van der Waals surface area contributed by atoms with Gasteiger partial charge in [0.1, 0.15) is 5.69 Å². The van der Waals surface area contributed by atoms with E-state index >= 15 is 0 Å². The van der Waals surface area contributed by atoms with E-state index in [4.69, 9.17) is 0 Å². The summed E-state index contributed by atoms with van der Waals surface area (Å²) < 4.78 is 0. The molecule has 1 N–H and O–H groups in total. The fourth-order valence-electron chi connectivity index (χ4n) is 3.51. The molecule has 6 nitrogen and oxygen atoms in total. The third-order valence-electron chi connectivity index (χ3n) is 5.40. The molecule has 2 heterocycles. The number of aromatic nitrogens is 2. The molecule has 4 rings (SSSR count). The third kappa shape index (κ3) is 6.21. The summed E-state index contributed by atoms with van der Waals surface area (Å²) in [6.45, 7) is 3.47. The maximum Gasteiger partial charge on any atom is 0.274 e. The minimum Gasteiger partial charge on any atom is -0.321 e. The van der Waals surface area contributed by atoms with Gasteiger partial charge in [-0.2, -0.15) is 0 Å². The van der Waals surface area contributed by atoms with E-state index in [0.29, 0.717) is 22.6 Å². The van der Waals surface area contributed by atoms with Gasteiger partial charge in [0.05, 0.1) is 5.69 Å². The highest BCUT2D eigenvalue weighted by Crippen LogP contribution is 2.17. The number of hydrogen-bond donors (Lipinski definition) is 1. The Morgan fingerprint density at radius 1 is 0.829 bits per heavy atom. The summed E-state index contributed by atoms with van der Waals surface area (Å²) in [6, 6.07) is 23.1. The second kappa shape index (κ2) is 10.9. The lowest BCUT2D eigenvalue weighted by atomic mass is 10.0. The second-order valence-corrected chi connectivity index (χ2v) is 7.94. The summed E-state index contributed by atoms with van der Waals surface area (Å²) in [5.74, 6) is -0.414. The van der Waals surface area contributed by atoms with Crippen LogP contribution in [0.25, 0.3) is 11.3 Å². The lowest BCUT2D eigenvalue weighted by Crippen LogP contribution is -2.14. The van der Waals surface area contributed by atoms with Crippen molar-refractivity contribution in [2.24, 2.45) is 0 Å². The standard InChI is InChI=1S/C29H23N3O3/c1-2-25(33)17-20-8-12-22(13-9-20)28(34)18-21-10-14-24(15-11-21)31-29(35)27-7-3-6-26(32-27)23-5-4-16-30-19-23/h2-16,19H,1,17-18H2,(H,31,35). The zero-order valence-electron chi connectivity index (χ0n) is 19.0. The number of Topliss-reactive ketones (excluding diaryl/α,β-unsaturated/α-hetero) is 1. The molecule has 0 fully saturated rings. The predicted octanol–water partition coefficient (Wildman–Crippen LogP) is 5.12. The van der Waals surface area contributed by atoms with Crippen LogP contribution in [0, 0.1) is 0 Å². The Balaban J connectivity index is 1.37. The van der Waals surface area contributed by atoms with Crippen LogP contribution in [0.1, 0.15) is 32.0 Å². The average Bonchev–Trinajstić information content (AvgIpc) is 2.90. The van der Waals surface area contributed by atoms with Gasteiger partial charge in [0, 0.05) is 42.0 Å². The van der Waals surface area contributed by atoms with Gasteiger partial charge < -0.3 is 5.32 Å². The van der Waals surface area contributed by atoms with E-state index in [-0.39, 0.29) is 30.3 Å². The average molecular weight is 462 g/mol. The maximum absolute atomic E-state index is 12.7. The van der Waals surface area contributed by atoms with Crippen molar-refractivity contribution in [1.82, 2.24) is 9.97 Å². The number of rotatable bonds is 9. The summed E-state index contributed by atoms with van der Waals surface area (Å²) in [7, 11) is 0. The quantitative estimate of drug-likeness (QED) is 0.276. The molecule has 0 saturated carbocycles. The first-order valence-corrected chi connectivity index (χ1v) is 11.1. The molecule has 0 radical (unpaired) electrons. The minimum absolute atomic E-state index is 0.0280. The van der Waals surface area contributed by atoms with Crippen molar-refractivity contribution in [3.63, 3.8) is 0 Å². The lowest BCUT2D eigenvalue weighted by molar-refractivity contribution is -0.114. The number of nitrogens with one attached hydrogen (secondary N) is 1. The van der Waals surface area contributed by atoms with Gasteiger partial charge in [-0.25, -0.2) is 4.98 Å². The van der Waals surface area contributed by atoms with Gasteiger partial charge >= 0.3 is 0 Å². The zero-order valence-corrected chi connectivity index (χ0v) is 19.0. The van der Waals surface area contributed by atoms with E-state index < -0.39 is 0 Å². The molecule has 4 aromatic rings. The van der Waals surface area contributed by atoms with Crippen molar-refractivity contribution < 1.29 is 14.4 Å². The summed E-state index contributed by atoms with van der Waals surface area (Å²) in [5, 5.41) is 2.84. The number of benzene rings is 2. The fraction of sp³-hybridized carbons (Fsp3) is 0.0690. The minimum atomic E-state index is -0.324. The molecule has 0 aliphatic rings. The number of ketones is 2. The van der Waals surface area contributed by atoms with Crippen LogP contribution in [0.4, 0.5) is 5.69 Å². The van der Waals surface area contributed by atoms with Crippen LogP contribution in [0.15, 0.2) is 104 Å². The van der Waals surface area contributed by atoms with Gasteiger partial charge in [-0.15, -0.1) is 0 Å². The predicted molar refractivity (Wildman–Crippen MR) is 135 cm³/mol. The van der Waals surface area contributed by atoms with Crippen LogP contribution in [-0.4, -0.2) is 27.4 Å². The van der Waals surface area contributed by atoms with Crippen LogP contribution in [0.2, 0.25) is 0 Å². The molecule has 0 unspecified atom stereocenters. The van der Waals surface area contributed by atoms with Gasteiger partial charge in [-0.05, 0) is 53.6 Å². The molecule has 2 aromatic heterocycles. The SMILES string of the molecule is C=CC(=O)Cc1ccc(C(=O)Cc2ccc(NC(=O)c3cccc(-c4cccnc4)n3)cc2)cc1. The topological polar surface area (TPSA) is 89.0 Å². The van der Waals surface area contributed by atoms with Crippen LogP contribution in [0.5, 0.6) is 0 Å². The van der Waals surface area contributed by atoms with E-state index in [1.807, 2.05) is 30.3 Å². The van der Waals surface area contributed by atoms with E-state index in [1.165, 1.54) is 6.08 Å². The number of pyridine rings is 2. The number of allylic oxidation sites excluding steroid dienone is 1. The Hall–Kier alpha value is -4.71. The van der Waals surface area contributed by atoms with Crippen LogP contribution in [0.3, 0.4) is 0 Å². The van der Waals surface area contributed by atoms with Crippen LogP contribution < -0.4 is 5.32 Å². The monoisotopic (exact) mass is 461 g/mol. The molecular weight excluding hydrogens is 438 g/mol. The van der Waals surface area contributed by atoms with Gasteiger partial charge in [-0.3, -0.25) is 19.4 Å². The Kier molecular flexibility index (Phi) is 7.33. The number of carbonyl (C=O) groups excluding carboxylic acids is 3. The Bertz CT molecular complexity index is 1360. The van der Waals surface area contributed by atoms with Gasteiger partial charge in [0.15, 0.2) is 11.6 Å². The number of hydrogen-bond acceptors (Lipinski definition) is 5. The van der Waals surface area contributed by atoms with Crippen molar-refractivity contribution in [2.45, 2.75) is 12.8 Å². The first-order chi connectivity index (χ1) is 17.0. The highest BCUT2D eigenvalue weighted by atomic mass is 16.2. The summed E-state index contributed by atoms with van der Waals surface area (Å²) >= 11 is 0. The zero-order chi connectivity index (χ0) is 24.6. The Labute approximate surface area is 203 Å². The summed E-state index contributed by atoms with van der Waals surface area (Å²) in [4.78, 5) is 45.3. The first-order valence-electron chi connectivity index (χ1n) is 11.1. The number of anilines is 1. The maximum atomic E-state index is 12.7. The number of nitrogens with zero attached hydrogens (tertiary/aromatic N) is 2. The van der Waals surface area contributed by atoms with Gasteiger partial charge in [0.2, 0.25) is 0 Å². The summed E-state index contributed by atoms with van der Waals surface area (Å²) in [6.07, 6.45) is 5.17. The molecule has 2 aromatic carbocycles. The smallest absolute Gasteiger partial charge is 0.274 e. The largest absolute Gasteiger partial charge is 0.321 e. The van der Waals surface area contributed by atoms with Crippen molar-refractivity contribution in [3.05, 3.63) is 126 Å². The highest BCUT2D eigenvalue weighted by molar-refractivity contribution is 6.03. The molecule has 0 atom stereocenters. The lowest BCUT2D eigenvalue weighted by Gasteiger charge is -2.08. The molecule has 1 amide bonds. The van der Waals surface area contributed by atoms with E-state index in [9.17, 15) is 14.4 Å². The number of amides is 1. The first kappa shape index (κ1) is 23.4. The van der Waals surface area contributed by atoms with E-state index in [0.717, 1.165) is 16.7 Å². The molecule has 0 aliphatic carbocycles. The third-order valence-corrected chi connectivity index (χ3v) is 5.40. The van der Waals surface area contributed by atoms with E-state index in [2.05, 4.69) is 21.9 Å². The molecule has 6 heteroatoms. The number of carbonyl (C=O) groups is 3. The molecule has 0 spiro atoms. The molecule has 172 valence electrons. The normalized spacial score (nSPS) is 10.4. The Morgan fingerprint density at radius 2 is 1.54 bits per heavy atom. The fourth-order valence-corrected chi connectivity index (χ4v) is 3.51. The van der Waals surface area contributed by atoms with Crippen LogP contribution in [-0.2, 0) is 17.6 Å². The highest BCUT2D eigenvalue weighted by Gasteiger charge is 2.11.